The van der Waals surface area contributed by atoms with Crippen LogP contribution in [-0.4, -0.2) is 12.1 Å². The second-order valence-corrected chi connectivity index (χ2v) is 7.40. The number of rotatable bonds is 7. The van der Waals surface area contributed by atoms with Gasteiger partial charge in [-0.3, -0.25) is 4.79 Å². The first-order valence-corrected chi connectivity index (χ1v) is 10.1. The summed E-state index contributed by atoms with van der Waals surface area (Å²) >= 11 is 7.73. The quantitative estimate of drug-likeness (QED) is 0.401. The lowest BCUT2D eigenvalue weighted by molar-refractivity contribution is 0.0955. The molecule has 142 valence electrons. The topological polar surface area (TPSA) is 41.5 Å². The Morgan fingerprint density at radius 1 is 0.964 bits per heavy atom. The number of amides is 1. The summed E-state index contributed by atoms with van der Waals surface area (Å²) in [5, 5.41) is 4.02. The second-order valence-electron chi connectivity index (χ2n) is 6.01. The van der Waals surface area contributed by atoms with Crippen molar-refractivity contribution in [3.63, 3.8) is 0 Å². The van der Waals surface area contributed by atoms with Crippen LogP contribution in [0.5, 0.6) is 0 Å². The minimum absolute atomic E-state index is 0.134. The molecule has 0 saturated heterocycles. The third-order valence-electron chi connectivity index (χ3n) is 3.96. The van der Waals surface area contributed by atoms with E-state index in [1.807, 2.05) is 42.1 Å². The molecule has 0 aliphatic heterocycles. The highest BCUT2D eigenvalue weighted by molar-refractivity contribution is 7.97. The predicted octanol–water partition coefficient (Wildman–Crippen LogP) is 5.68. The fraction of sp³-hybridized carbons (Fsp3) is 0.0909. The Labute approximate surface area is 172 Å². The van der Waals surface area contributed by atoms with Crippen molar-refractivity contribution in [2.45, 2.75) is 11.5 Å². The highest BCUT2D eigenvalue weighted by Crippen LogP contribution is 2.18. The number of carbonyl (C=O) groups is 1. The van der Waals surface area contributed by atoms with E-state index in [9.17, 15) is 9.18 Å². The Morgan fingerprint density at radius 2 is 1.64 bits per heavy atom. The molecular weight excluding hydrogens is 395 g/mol. The summed E-state index contributed by atoms with van der Waals surface area (Å²) in [5.41, 5.74) is 5.43. The van der Waals surface area contributed by atoms with Gasteiger partial charge in [-0.15, -0.1) is 0 Å². The molecule has 0 aromatic heterocycles. The van der Waals surface area contributed by atoms with Crippen LogP contribution >= 0.6 is 23.4 Å². The van der Waals surface area contributed by atoms with E-state index in [2.05, 4.69) is 22.7 Å². The molecule has 0 unspecified atom stereocenters. The summed E-state index contributed by atoms with van der Waals surface area (Å²) < 4.78 is 13.7. The minimum Gasteiger partial charge on any atom is -0.267 e. The van der Waals surface area contributed by atoms with Crippen molar-refractivity contribution < 1.29 is 9.18 Å². The molecule has 3 aromatic carbocycles. The van der Waals surface area contributed by atoms with Gasteiger partial charge in [-0.1, -0.05) is 60.1 Å². The Hall–Kier alpha value is -2.63. The number of hydrazone groups is 1. The molecule has 3 rings (SSSR count). The van der Waals surface area contributed by atoms with E-state index in [1.54, 1.807) is 18.2 Å². The predicted molar refractivity (Wildman–Crippen MR) is 114 cm³/mol. The molecule has 0 aliphatic carbocycles. The van der Waals surface area contributed by atoms with Gasteiger partial charge >= 0.3 is 0 Å². The lowest BCUT2D eigenvalue weighted by Crippen LogP contribution is -2.17. The summed E-state index contributed by atoms with van der Waals surface area (Å²) in [6.07, 6.45) is 1.20. The first kappa shape index (κ1) is 20.1. The van der Waals surface area contributed by atoms with Gasteiger partial charge in [-0.05, 0) is 35.4 Å². The monoisotopic (exact) mass is 412 g/mol. The van der Waals surface area contributed by atoms with Crippen LogP contribution in [0.25, 0.3) is 0 Å². The van der Waals surface area contributed by atoms with Crippen molar-refractivity contribution in [2.75, 3.05) is 0 Å². The molecule has 0 saturated carbocycles. The van der Waals surface area contributed by atoms with Crippen LogP contribution in [0, 0.1) is 5.82 Å². The highest BCUT2D eigenvalue weighted by atomic mass is 35.5. The zero-order chi connectivity index (χ0) is 19.8. The third-order valence-corrected chi connectivity index (χ3v) is 5.36. The van der Waals surface area contributed by atoms with Gasteiger partial charge < -0.3 is 0 Å². The van der Waals surface area contributed by atoms with Gasteiger partial charge in [0.2, 0.25) is 0 Å². The lowest BCUT2D eigenvalue weighted by Gasteiger charge is -2.04. The first-order valence-electron chi connectivity index (χ1n) is 8.61. The maximum absolute atomic E-state index is 13.7. The Kier molecular flexibility index (Phi) is 7.23. The Bertz CT molecular complexity index is 942. The molecule has 0 radical (unpaired) electrons. The molecule has 3 aromatic rings. The van der Waals surface area contributed by atoms with Crippen molar-refractivity contribution >= 4 is 35.5 Å². The molecule has 0 spiro atoms. The van der Waals surface area contributed by atoms with Crippen LogP contribution in [0.4, 0.5) is 4.39 Å². The summed E-state index contributed by atoms with van der Waals surface area (Å²) in [7, 11) is 0. The number of thioether (sulfide) groups is 1. The fourth-order valence-corrected chi connectivity index (χ4v) is 3.64. The molecule has 0 bridgehead atoms. The molecule has 0 fully saturated rings. The molecule has 6 heteroatoms. The molecule has 0 atom stereocenters. The van der Waals surface area contributed by atoms with Crippen LogP contribution in [0.3, 0.4) is 0 Å². The molecule has 1 N–H and O–H groups in total. The molecule has 0 heterocycles. The van der Waals surface area contributed by atoms with Crippen LogP contribution in [0.15, 0.2) is 77.9 Å². The van der Waals surface area contributed by atoms with Crippen molar-refractivity contribution in [3.8, 4) is 0 Å². The van der Waals surface area contributed by atoms with E-state index in [4.69, 9.17) is 11.6 Å². The van der Waals surface area contributed by atoms with Crippen LogP contribution < -0.4 is 5.43 Å². The number of halogens is 2. The number of hydrogen-bond acceptors (Lipinski definition) is 3. The molecule has 0 aliphatic rings. The number of carbonyl (C=O) groups excluding carboxylic acids is 1. The van der Waals surface area contributed by atoms with Gasteiger partial charge in [0.1, 0.15) is 5.82 Å². The van der Waals surface area contributed by atoms with E-state index >= 15 is 0 Å². The maximum atomic E-state index is 13.7. The first-order chi connectivity index (χ1) is 13.6. The minimum atomic E-state index is -0.497. The summed E-state index contributed by atoms with van der Waals surface area (Å²) in [6.45, 7) is 0. The normalized spacial score (nSPS) is 10.9. The van der Waals surface area contributed by atoms with Crippen LogP contribution in [0.1, 0.15) is 27.0 Å². The highest BCUT2D eigenvalue weighted by Gasteiger charge is 2.06. The number of benzene rings is 3. The zero-order valence-electron chi connectivity index (χ0n) is 14.9. The second kappa shape index (κ2) is 10.1. The summed E-state index contributed by atoms with van der Waals surface area (Å²) in [5.74, 6) is 0.937. The van der Waals surface area contributed by atoms with E-state index in [1.165, 1.54) is 23.9 Å². The maximum Gasteiger partial charge on any atom is 0.271 e. The molecular formula is C22H18ClFN2OS. The molecule has 3 nitrogen and oxygen atoms in total. The largest absolute Gasteiger partial charge is 0.271 e. The fourth-order valence-electron chi connectivity index (χ4n) is 2.47. The summed E-state index contributed by atoms with van der Waals surface area (Å²) in [6, 6.07) is 22.0. The number of nitrogens with one attached hydrogen (secondary N) is 1. The standard InChI is InChI=1S/C22H18ClFN2OS/c23-20-7-4-8-21(24)19(20)13-25-26-22(27)18-11-9-17(10-12-18)15-28-14-16-5-2-1-3-6-16/h1-13H,14-15H2,(H,26,27)/b25-13+. The van der Waals surface area contributed by atoms with Gasteiger partial charge in [0.25, 0.3) is 5.91 Å². The van der Waals surface area contributed by atoms with Crippen LogP contribution in [0.2, 0.25) is 5.02 Å². The van der Waals surface area contributed by atoms with E-state index in [-0.39, 0.29) is 16.5 Å². The SMILES string of the molecule is O=C(N/N=C/c1c(F)cccc1Cl)c1ccc(CSCc2ccccc2)cc1. The smallest absolute Gasteiger partial charge is 0.267 e. The lowest BCUT2D eigenvalue weighted by atomic mass is 10.1. The van der Waals surface area contributed by atoms with Gasteiger partial charge in [0.05, 0.1) is 11.2 Å². The van der Waals surface area contributed by atoms with Gasteiger partial charge in [0, 0.05) is 22.6 Å². The number of nitrogens with zero attached hydrogens (tertiary/aromatic N) is 1. The van der Waals surface area contributed by atoms with E-state index in [0.717, 1.165) is 17.1 Å². The van der Waals surface area contributed by atoms with Crippen molar-refractivity contribution in [3.05, 3.63) is 106 Å². The van der Waals surface area contributed by atoms with Crippen molar-refractivity contribution in [1.29, 1.82) is 0 Å². The van der Waals surface area contributed by atoms with E-state index in [0.29, 0.717) is 5.56 Å². The van der Waals surface area contributed by atoms with Gasteiger partial charge in [-0.25, -0.2) is 9.82 Å². The number of hydrogen-bond donors (Lipinski definition) is 1. The van der Waals surface area contributed by atoms with E-state index < -0.39 is 5.82 Å². The zero-order valence-corrected chi connectivity index (χ0v) is 16.5. The van der Waals surface area contributed by atoms with Crippen molar-refractivity contribution in [2.24, 2.45) is 5.10 Å². The van der Waals surface area contributed by atoms with Crippen molar-refractivity contribution in [1.82, 2.24) is 5.43 Å². The molecule has 1 amide bonds. The van der Waals surface area contributed by atoms with Gasteiger partial charge in [-0.2, -0.15) is 16.9 Å². The van der Waals surface area contributed by atoms with Crippen LogP contribution in [-0.2, 0) is 11.5 Å². The summed E-state index contributed by atoms with van der Waals surface area (Å²) in [4.78, 5) is 12.2. The Balaban J connectivity index is 1.51. The third kappa shape index (κ3) is 5.68. The van der Waals surface area contributed by atoms with Gasteiger partial charge in [0.15, 0.2) is 0 Å². The Morgan fingerprint density at radius 3 is 2.32 bits per heavy atom. The average Bonchev–Trinajstić information content (AvgIpc) is 2.71. The molecule has 28 heavy (non-hydrogen) atoms. The average molecular weight is 413 g/mol.